The molecule has 1 aliphatic heterocycles. The van der Waals surface area contributed by atoms with Crippen LogP contribution < -0.4 is 10.5 Å². The molecule has 2 rings (SSSR count). The average Bonchev–Trinajstić information content (AvgIpc) is 2.63. The quantitative estimate of drug-likeness (QED) is 0.789. The molecule has 1 aromatic carbocycles. The molecule has 25 heavy (non-hydrogen) atoms. The van der Waals surface area contributed by atoms with Crippen LogP contribution in [0.1, 0.15) is 12.8 Å². The van der Waals surface area contributed by atoms with Crippen LogP contribution in [-0.2, 0) is 14.6 Å². The number of nitriles is 1. The number of sulfone groups is 1. The topological polar surface area (TPSA) is 102 Å². The molecule has 0 spiro atoms. The summed E-state index contributed by atoms with van der Waals surface area (Å²) in [5.41, 5.74) is 4.73. The number of benzene rings is 1. The largest absolute Gasteiger partial charge is 0.489 e. The van der Waals surface area contributed by atoms with Gasteiger partial charge in [-0.2, -0.15) is 5.26 Å². The highest BCUT2D eigenvalue weighted by Gasteiger charge is 2.38. The van der Waals surface area contributed by atoms with Gasteiger partial charge in [0, 0.05) is 25.3 Å². The van der Waals surface area contributed by atoms with E-state index in [9.17, 15) is 18.1 Å². The molecule has 1 fully saturated rings. The molecule has 0 aromatic heterocycles. The highest BCUT2D eigenvalue weighted by atomic mass is 32.2. The Balaban J connectivity index is 2.08. The molecule has 0 bridgehead atoms. The number of hydrogen-bond acceptors (Lipinski definition) is 6. The van der Waals surface area contributed by atoms with E-state index in [0.29, 0.717) is 43.7 Å². The first-order chi connectivity index (χ1) is 11.9. The highest BCUT2D eigenvalue weighted by molar-refractivity contribution is 7.91. The molecular weight excluding hydrogens is 347 g/mol. The number of nitrogens with zero attached hydrogens (tertiary/aromatic N) is 1. The fraction of sp³-hybridized carbons (Fsp3) is 0.471. The first kappa shape index (κ1) is 19.4. The molecule has 0 atom stereocenters. The second kappa shape index (κ2) is 8.43. The summed E-state index contributed by atoms with van der Waals surface area (Å²) in [6.07, 6.45) is 1.21. The lowest BCUT2D eigenvalue weighted by molar-refractivity contribution is 0.0490. The Kier molecular flexibility index (Phi) is 6.53. The maximum Gasteiger partial charge on any atom is 0.179 e. The molecular formula is C17H21FN2O4S. The van der Waals surface area contributed by atoms with Crippen molar-refractivity contribution in [2.75, 3.05) is 32.1 Å². The number of halogens is 1. The van der Waals surface area contributed by atoms with Crippen LogP contribution in [0.3, 0.4) is 0 Å². The Hall–Kier alpha value is -1.95. The van der Waals surface area contributed by atoms with Crippen LogP contribution in [-0.4, -0.2) is 40.5 Å². The molecule has 1 aliphatic rings. The lowest BCUT2D eigenvalue weighted by atomic mass is 9.84. The summed E-state index contributed by atoms with van der Waals surface area (Å²) in [5.74, 6) is 0.176. The molecule has 0 radical (unpaired) electrons. The van der Waals surface area contributed by atoms with Gasteiger partial charge < -0.3 is 15.2 Å². The third-order valence-corrected chi connectivity index (χ3v) is 6.10. The van der Waals surface area contributed by atoms with Crippen molar-refractivity contribution in [2.24, 2.45) is 11.1 Å². The molecule has 0 saturated carbocycles. The third kappa shape index (κ3) is 5.01. The zero-order valence-corrected chi connectivity index (χ0v) is 14.6. The maximum atomic E-state index is 12.6. The van der Waals surface area contributed by atoms with Gasteiger partial charge >= 0.3 is 0 Å². The van der Waals surface area contributed by atoms with E-state index < -0.39 is 15.3 Å². The second-order valence-corrected chi connectivity index (χ2v) is 7.98. The van der Waals surface area contributed by atoms with Crippen LogP contribution >= 0.6 is 0 Å². The first-order valence-corrected chi connectivity index (χ1v) is 9.53. The van der Waals surface area contributed by atoms with E-state index in [4.69, 9.17) is 15.2 Å². The summed E-state index contributed by atoms with van der Waals surface area (Å²) >= 11 is 0. The SMILES string of the molecule is N#CC1(CS(=O)(=O)c2ccc(OCC(=CF)CN)cc2)CCOCC1. The van der Waals surface area contributed by atoms with Gasteiger partial charge in [0.1, 0.15) is 12.4 Å². The van der Waals surface area contributed by atoms with Crippen LogP contribution in [0.5, 0.6) is 5.75 Å². The molecule has 0 aliphatic carbocycles. The van der Waals surface area contributed by atoms with Gasteiger partial charge in [0.15, 0.2) is 9.84 Å². The molecule has 2 N–H and O–H groups in total. The van der Waals surface area contributed by atoms with Crippen molar-refractivity contribution in [3.8, 4) is 11.8 Å². The number of ether oxygens (including phenoxy) is 2. The summed E-state index contributed by atoms with van der Waals surface area (Å²) < 4.78 is 48.3. The van der Waals surface area contributed by atoms with E-state index in [1.54, 1.807) is 0 Å². The van der Waals surface area contributed by atoms with Gasteiger partial charge in [-0.1, -0.05) is 0 Å². The van der Waals surface area contributed by atoms with Gasteiger partial charge in [-0.15, -0.1) is 0 Å². The van der Waals surface area contributed by atoms with Crippen LogP contribution in [0.2, 0.25) is 0 Å². The Labute approximate surface area is 147 Å². The number of nitrogens with two attached hydrogens (primary N) is 1. The molecule has 0 unspecified atom stereocenters. The smallest absolute Gasteiger partial charge is 0.179 e. The molecule has 1 aromatic rings. The molecule has 1 saturated heterocycles. The van der Waals surface area contributed by atoms with Gasteiger partial charge in [0.05, 0.1) is 28.5 Å². The Morgan fingerprint density at radius 2 is 2.00 bits per heavy atom. The third-order valence-electron chi connectivity index (χ3n) is 4.18. The minimum absolute atomic E-state index is 0.00333. The standard InChI is InChI=1S/C17H21FN2O4S/c18-9-14(10-19)11-24-15-1-3-16(4-2-15)25(21,22)13-17(12-20)5-7-23-8-6-17/h1-4,9H,5-8,10-11,13,19H2. The molecule has 1 heterocycles. The molecule has 6 nitrogen and oxygen atoms in total. The summed E-state index contributed by atoms with van der Waals surface area (Å²) in [7, 11) is -3.61. The zero-order chi connectivity index (χ0) is 18.3. The minimum Gasteiger partial charge on any atom is -0.489 e. The van der Waals surface area contributed by atoms with Crippen molar-refractivity contribution in [3.63, 3.8) is 0 Å². The van der Waals surface area contributed by atoms with Crippen LogP contribution in [0.25, 0.3) is 0 Å². The fourth-order valence-corrected chi connectivity index (χ4v) is 4.35. The molecule has 8 heteroatoms. The minimum atomic E-state index is -3.61. The van der Waals surface area contributed by atoms with E-state index in [1.807, 2.05) is 0 Å². The Morgan fingerprint density at radius 3 is 2.52 bits per heavy atom. The van der Waals surface area contributed by atoms with E-state index in [1.165, 1.54) is 24.3 Å². The van der Waals surface area contributed by atoms with E-state index in [-0.39, 0.29) is 23.8 Å². The molecule has 136 valence electrons. The van der Waals surface area contributed by atoms with Gasteiger partial charge in [-0.25, -0.2) is 12.8 Å². The fourth-order valence-electron chi connectivity index (χ4n) is 2.55. The lowest BCUT2D eigenvalue weighted by Gasteiger charge is -2.30. The van der Waals surface area contributed by atoms with E-state index in [0.717, 1.165) is 0 Å². The highest BCUT2D eigenvalue weighted by Crippen LogP contribution is 2.33. The van der Waals surface area contributed by atoms with Crippen molar-refractivity contribution in [2.45, 2.75) is 17.7 Å². The van der Waals surface area contributed by atoms with Gasteiger partial charge in [0.25, 0.3) is 0 Å². The summed E-state index contributed by atoms with van der Waals surface area (Å²) in [6, 6.07) is 8.02. The monoisotopic (exact) mass is 368 g/mol. The number of hydrogen-bond donors (Lipinski definition) is 1. The van der Waals surface area contributed by atoms with Gasteiger partial charge in [-0.05, 0) is 37.1 Å². The first-order valence-electron chi connectivity index (χ1n) is 7.87. The lowest BCUT2D eigenvalue weighted by Crippen LogP contribution is -2.35. The van der Waals surface area contributed by atoms with Gasteiger partial charge in [-0.3, -0.25) is 0 Å². The van der Waals surface area contributed by atoms with Crippen LogP contribution in [0.15, 0.2) is 41.1 Å². The maximum absolute atomic E-state index is 12.6. The van der Waals surface area contributed by atoms with E-state index in [2.05, 4.69) is 6.07 Å². The molecule has 0 amide bonds. The van der Waals surface area contributed by atoms with E-state index >= 15 is 0 Å². The van der Waals surface area contributed by atoms with Crippen LogP contribution in [0.4, 0.5) is 4.39 Å². The number of rotatable bonds is 7. The van der Waals surface area contributed by atoms with Gasteiger partial charge in [0.2, 0.25) is 0 Å². The predicted octanol–water partition coefficient (Wildman–Crippen LogP) is 1.97. The Bertz CT molecular complexity index is 748. The van der Waals surface area contributed by atoms with Crippen molar-refractivity contribution in [1.29, 1.82) is 5.26 Å². The second-order valence-electron chi connectivity index (χ2n) is 6.00. The zero-order valence-electron chi connectivity index (χ0n) is 13.8. The normalized spacial score (nSPS) is 17.7. The summed E-state index contributed by atoms with van der Waals surface area (Å²) in [5, 5.41) is 9.43. The summed E-state index contributed by atoms with van der Waals surface area (Å²) in [4.78, 5) is 0.126. The van der Waals surface area contributed by atoms with Crippen molar-refractivity contribution in [1.82, 2.24) is 0 Å². The van der Waals surface area contributed by atoms with Crippen molar-refractivity contribution >= 4 is 9.84 Å². The summed E-state index contributed by atoms with van der Waals surface area (Å²) in [6.45, 7) is 0.822. The van der Waals surface area contributed by atoms with Crippen molar-refractivity contribution in [3.05, 3.63) is 36.2 Å². The average molecular weight is 368 g/mol. The Morgan fingerprint density at radius 1 is 1.36 bits per heavy atom. The van der Waals surface area contributed by atoms with Crippen molar-refractivity contribution < 1.29 is 22.3 Å². The van der Waals surface area contributed by atoms with Crippen LogP contribution in [0, 0.1) is 16.7 Å². The predicted molar refractivity (Wildman–Crippen MR) is 90.3 cm³/mol.